The maximum Gasteiger partial charge on any atom is 0.321 e. The number of urea groups is 1. The van der Waals surface area contributed by atoms with Crippen LogP contribution < -0.4 is 5.32 Å². The van der Waals surface area contributed by atoms with Gasteiger partial charge in [-0.3, -0.25) is 4.79 Å². The normalized spacial score (nSPS) is 18.0. The fourth-order valence-corrected chi connectivity index (χ4v) is 5.87. The predicted octanol–water partition coefficient (Wildman–Crippen LogP) is 5.48. The van der Waals surface area contributed by atoms with Crippen LogP contribution in [0.5, 0.6) is 0 Å². The molecule has 4 rings (SSSR count). The zero-order chi connectivity index (χ0) is 23.8. The standard InChI is InChI=1S/C25H29F2N3O2S/c1-24(2,3)18-6-4-17(5-7-18)22(31)30-14-15-33-25(30)10-12-29(13-11-25)23(32)28-19-8-9-20(26)21(27)16-19/h4-9,16H,10-15H2,1-3H3,(H,28,32). The van der Waals surface area contributed by atoms with Crippen LogP contribution in [-0.4, -0.2) is 52.0 Å². The van der Waals surface area contributed by atoms with E-state index < -0.39 is 11.6 Å². The Morgan fingerprint density at radius 3 is 2.24 bits per heavy atom. The Morgan fingerprint density at radius 1 is 0.970 bits per heavy atom. The highest BCUT2D eigenvalue weighted by Gasteiger charge is 2.47. The first-order valence-electron chi connectivity index (χ1n) is 11.2. The molecule has 0 radical (unpaired) electrons. The third-order valence-corrected chi connectivity index (χ3v) is 7.98. The minimum atomic E-state index is -1.00. The second-order valence-corrected chi connectivity index (χ2v) is 11.1. The van der Waals surface area contributed by atoms with Gasteiger partial charge in [-0.25, -0.2) is 13.6 Å². The molecule has 0 aromatic heterocycles. The minimum absolute atomic E-state index is 0.0272. The van der Waals surface area contributed by atoms with E-state index in [-0.39, 0.29) is 27.9 Å². The Labute approximate surface area is 197 Å². The third-order valence-electron chi connectivity index (χ3n) is 6.42. The number of hydrogen-bond donors (Lipinski definition) is 1. The highest BCUT2D eigenvalue weighted by atomic mass is 32.2. The number of benzene rings is 2. The zero-order valence-corrected chi connectivity index (χ0v) is 20.0. The number of halogens is 2. The number of nitrogens with one attached hydrogen (secondary N) is 1. The molecule has 0 saturated carbocycles. The Kier molecular flexibility index (Phi) is 6.40. The van der Waals surface area contributed by atoms with Crippen LogP contribution in [0.25, 0.3) is 0 Å². The number of carbonyl (C=O) groups excluding carboxylic acids is 2. The van der Waals surface area contributed by atoms with Gasteiger partial charge < -0.3 is 15.1 Å². The smallest absolute Gasteiger partial charge is 0.321 e. The molecule has 0 atom stereocenters. The van der Waals surface area contributed by atoms with Crippen molar-refractivity contribution in [3.8, 4) is 0 Å². The Morgan fingerprint density at radius 2 is 1.64 bits per heavy atom. The Hall–Kier alpha value is -2.61. The van der Waals surface area contributed by atoms with Gasteiger partial charge in [0.2, 0.25) is 0 Å². The van der Waals surface area contributed by atoms with Crippen LogP contribution in [0.15, 0.2) is 42.5 Å². The van der Waals surface area contributed by atoms with Crippen LogP contribution in [-0.2, 0) is 5.41 Å². The zero-order valence-electron chi connectivity index (χ0n) is 19.2. The lowest BCUT2D eigenvalue weighted by Gasteiger charge is -2.44. The molecule has 0 aliphatic carbocycles. The van der Waals surface area contributed by atoms with Crippen LogP contribution in [0.4, 0.5) is 19.3 Å². The fraction of sp³-hybridized carbons (Fsp3) is 0.440. The quantitative estimate of drug-likeness (QED) is 0.629. The lowest BCUT2D eigenvalue weighted by molar-refractivity contribution is 0.0585. The molecule has 2 heterocycles. The molecule has 1 N–H and O–H groups in total. The summed E-state index contributed by atoms with van der Waals surface area (Å²) in [6, 6.07) is 10.8. The summed E-state index contributed by atoms with van der Waals surface area (Å²) in [5.41, 5.74) is 2.11. The van der Waals surface area contributed by atoms with E-state index in [0.29, 0.717) is 38.0 Å². The molecule has 2 saturated heterocycles. The van der Waals surface area contributed by atoms with Gasteiger partial charge in [-0.2, -0.15) is 0 Å². The van der Waals surface area contributed by atoms with Crippen LogP contribution >= 0.6 is 11.8 Å². The first-order valence-corrected chi connectivity index (χ1v) is 12.2. The monoisotopic (exact) mass is 473 g/mol. The van der Waals surface area contributed by atoms with Gasteiger partial charge in [0, 0.05) is 42.7 Å². The van der Waals surface area contributed by atoms with E-state index in [1.807, 2.05) is 29.2 Å². The van der Waals surface area contributed by atoms with Crippen molar-refractivity contribution in [1.82, 2.24) is 9.80 Å². The lowest BCUT2D eigenvalue weighted by Crippen LogP contribution is -2.54. The number of rotatable bonds is 2. The SMILES string of the molecule is CC(C)(C)c1ccc(C(=O)N2CCSC23CCN(C(=O)Nc2ccc(F)c(F)c2)CC3)cc1. The predicted molar refractivity (Wildman–Crippen MR) is 128 cm³/mol. The molecule has 2 fully saturated rings. The van der Waals surface area contributed by atoms with Gasteiger partial charge in [-0.05, 0) is 48.1 Å². The highest BCUT2D eigenvalue weighted by molar-refractivity contribution is 8.00. The van der Waals surface area contributed by atoms with Crippen molar-refractivity contribution in [1.29, 1.82) is 0 Å². The molecule has 1 spiro atoms. The first-order chi connectivity index (χ1) is 15.6. The molecule has 33 heavy (non-hydrogen) atoms. The molecular weight excluding hydrogens is 444 g/mol. The van der Waals surface area contributed by atoms with Gasteiger partial charge in [0.05, 0.1) is 4.87 Å². The summed E-state index contributed by atoms with van der Waals surface area (Å²) in [6.45, 7) is 8.08. The first kappa shape index (κ1) is 23.5. The summed E-state index contributed by atoms with van der Waals surface area (Å²) in [4.78, 5) is 29.3. The maximum absolute atomic E-state index is 13.4. The van der Waals surface area contributed by atoms with Gasteiger partial charge in [0.25, 0.3) is 5.91 Å². The van der Waals surface area contributed by atoms with E-state index in [2.05, 4.69) is 26.1 Å². The molecule has 2 aliphatic rings. The van der Waals surface area contributed by atoms with E-state index in [1.165, 1.54) is 11.6 Å². The van der Waals surface area contributed by atoms with Crippen molar-refractivity contribution in [2.45, 2.75) is 43.9 Å². The summed E-state index contributed by atoms with van der Waals surface area (Å²) in [7, 11) is 0. The second kappa shape index (κ2) is 8.97. The number of nitrogens with zero attached hydrogens (tertiary/aromatic N) is 2. The number of carbonyl (C=O) groups is 2. The number of amides is 3. The van der Waals surface area contributed by atoms with Crippen LogP contribution in [0, 0.1) is 11.6 Å². The molecule has 0 bridgehead atoms. The molecule has 5 nitrogen and oxygen atoms in total. The van der Waals surface area contributed by atoms with Crippen molar-refractivity contribution in [2.75, 3.05) is 30.7 Å². The fourth-order valence-electron chi connectivity index (χ4n) is 4.41. The van der Waals surface area contributed by atoms with Gasteiger partial charge in [-0.1, -0.05) is 32.9 Å². The van der Waals surface area contributed by atoms with Gasteiger partial charge in [0.15, 0.2) is 11.6 Å². The number of thioether (sulfide) groups is 1. The number of piperidine rings is 1. The molecule has 0 unspecified atom stereocenters. The van der Waals surface area contributed by atoms with Crippen molar-refractivity contribution in [2.24, 2.45) is 0 Å². The topological polar surface area (TPSA) is 52.7 Å². The van der Waals surface area contributed by atoms with Crippen LogP contribution in [0.2, 0.25) is 0 Å². The van der Waals surface area contributed by atoms with Crippen molar-refractivity contribution < 1.29 is 18.4 Å². The molecule has 2 aromatic carbocycles. The highest BCUT2D eigenvalue weighted by Crippen LogP contribution is 2.44. The summed E-state index contributed by atoms with van der Waals surface area (Å²) in [5, 5.41) is 2.63. The summed E-state index contributed by atoms with van der Waals surface area (Å²) in [5.74, 6) is -1.06. The Bertz CT molecular complexity index is 1040. The van der Waals surface area contributed by atoms with Gasteiger partial charge in [-0.15, -0.1) is 11.8 Å². The molecule has 2 aromatic rings. The van der Waals surface area contributed by atoms with E-state index in [0.717, 1.165) is 17.9 Å². The molecule has 3 amide bonds. The van der Waals surface area contributed by atoms with Crippen molar-refractivity contribution >= 4 is 29.4 Å². The van der Waals surface area contributed by atoms with Gasteiger partial charge >= 0.3 is 6.03 Å². The minimum Gasteiger partial charge on any atom is -0.324 e. The van der Waals surface area contributed by atoms with E-state index in [4.69, 9.17) is 0 Å². The number of hydrogen-bond acceptors (Lipinski definition) is 3. The summed E-state index contributed by atoms with van der Waals surface area (Å²) >= 11 is 1.78. The molecule has 8 heteroatoms. The van der Waals surface area contributed by atoms with Gasteiger partial charge in [0.1, 0.15) is 0 Å². The van der Waals surface area contributed by atoms with Crippen molar-refractivity contribution in [3.05, 3.63) is 65.2 Å². The molecular formula is C25H29F2N3O2S. The third kappa shape index (κ3) is 4.86. The largest absolute Gasteiger partial charge is 0.324 e. The maximum atomic E-state index is 13.4. The van der Waals surface area contributed by atoms with E-state index in [9.17, 15) is 18.4 Å². The van der Waals surface area contributed by atoms with Crippen LogP contribution in [0.3, 0.4) is 0 Å². The molecule has 176 valence electrons. The van der Waals surface area contributed by atoms with E-state index in [1.54, 1.807) is 16.7 Å². The average molecular weight is 474 g/mol. The molecule has 2 aliphatic heterocycles. The number of anilines is 1. The van der Waals surface area contributed by atoms with E-state index >= 15 is 0 Å². The second-order valence-electron chi connectivity index (χ2n) is 9.62. The van der Waals surface area contributed by atoms with Crippen LogP contribution in [0.1, 0.15) is 49.5 Å². The average Bonchev–Trinajstić information content (AvgIpc) is 3.18. The Balaban J connectivity index is 1.40. The number of likely N-dealkylation sites (tertiary alicyclic amines) is 1. The summed E-state index contributed by atoms with van der Waals surface area (Å²) in [6.07, 6.45) is 1.32. The van der Waals surface area contributed by atoms with Crippen molar-refractivity contribution in [3.63, 3.8) is 0 Å². The lowest BCUT2D eigenvalue weighted by atomic mass is 9.86. The summed E-state index contributed by atoms with van der Waals surface area (Å²) < 4.78 is 26.6.